The number of hydroxylamine groups is 1. The summed E-state index contributed by atoms with van der Waals surface area (Å²) in [5, 5.41) is 8.78. The van der Waals surface area contributed by atoms with Gasteiger partial charge in [-0.1, -0.05) is 30.3 Å². The van der Waals surface area contributed by atoms with Gasteiger partial charge in [-0.25, -0.2) is 4.79 Å². The number of nitrogens with one attached hydrogen (secondary N) is 1. The zero-order valence-corrected chi connectivity index (χ0v) is 10.4. The van der Waals surface area contributed by atoms with E-state index in [-0.39, 0.29) is 0 Å². The summed E-state index contributed by atoms with van der Waals surface area (Å²) in [7, 11) is 0. The number of thiophene rings is 1. The van der Waals surface area contributed by atoms with E-state index in [1.807, 2.05) is 30.3 Å². The van der Waals surface area contributed by atoms with Gasteiger partial charge < -0.3 is 5.11 Å². The molecule has 0 aliphatic rings. The second-order valence-electron chi connectivity index (χ2n) is 3.67. The van der Waals surface area contributed by atoms with E-state index in [2.05, 4.69) is 5.48 Å². The molecule has 0 atom stereocenters. The molecule has 2 N–H and O–H groups in total. The van der Waals surface area contributed by atoms with Gasteiger partial charge in [0.2, 0.25) is 0 Å². The summed E-state index contributed by atoms with van der Waals surface area (Å²) in [6, 6.07) is 13.2. The van der Waals surface area contributed by atoms with Crippen molar-refractivity contribution >= 4 is 17.3 Å². The van der Waals surface area contributed by atoms with Crippen molar-refractivity contribution in [3.05, 3.63) is 57.8 Å². The fraction of sp³-hybridized carbons (Fsp3) is 0.154. The molecule has 4 nitrogen and oxygen atoms in total. The number of hydrogen-bond acceptors (Lipinski definition) is 4. The Kier molecular flexibility index (Phi) is 4.46. The molecule has 0 saturated carbocycles. The molecule has 0 fully saturated rings. The fourth-order valence-electron chi connectivity index (χ4n) is 1.42. The second-order valence-corrected chi connectivity index (χ2v) is 4.83. The van der Waals surface area contributed by atoms with E-state index in [1.165, 1.54) is 11.3 Å². The predicted octanol–water partition coefficient (Wildman–Crippen LogP) is 2.67. The highest BCUT2D eigenvalue weighted by molar-refractivity contribution is 7.13. The van der Waals surface area contributed by atoms with Crippen molar-refractivity contribution in [3.8, 4) is 0 Å². The first kappa shape index (κ1) is 12.8. The first-order valence-electron chi connectivity index (χ1n) is 5.46. The summed E-state index contributed by atoms with van der Waals surface area (Å²) < 4.78 is 0. The molecule has 0 aliphatic carbocycles. The van der Waals surface area contributed by atoms with E-state index >= 15 is 0 Å². The van der Waals surface area contributed by atoms with Crippen molar-refractivity contribution < 1.29 is 14.7 Å². The molecule has 0 spiro atoms. The van der Waals surface area contributed by atoms with Gasteiger partial charge in [-0.3, -0.25) is 4.84 Å². The largest absolute Gasteiger partial charge is 0.477 e. The standard InChI is InChI=1S/C13H13NO3S/c15-13(16)12-7-6-11(18-12)8-14-17-9-10-4-2-1-3-5-10/h1-7,14H,8-9H2,(H,15,16). The summed E-state index contributed by atoms with van der Waals surface area (Å²) in [5.74, 6) is -0.892. The Morgan fingerprint density at radius 3 is 2.67 bits per heavy atom. The van der Waals surface area contributed by atoms with E-state index in [4.69, 9.17) is 9.94 Å². The third-order valence-corrected chi connectivity index (χ3v) is 3.38. The number of hydrogen-bond donors (Lipinski definition) is 2. The number of carboxylic acid groups (broad SMARTS) is 1. The minimum Gasteiger partial charge on any atom is -0.477 e. The summed E-state index contributed by atoms with van der Waals surface area (Å²) in [4.78, 5) is 17.3. The van der Waals surface area contributed by atoms with Gasteiger partial charge in [-0.05, 0) is 17.7 Å². The monoisotopic (exact) mass is 263 g/mol. The number of rotatable bonds is 6. The van der Waals surface area contributed by atoms with Crippen molar-refractivity contribution in [1.82, 2.24) is 5.48 Å². The number of benzene rings is 1. The van der Waals surface area contributed by atoms with Crippen molar-refractivity contribution in [1.29, 1.82) is 0 Å². The first-order chi connectivity index (χ1) is 8.75. The van der Waals surface area contributed by atoms with Gasteiger partial charge in [0, 0.05) is 4.88 Å². The Morgan fingerprint density at radius 2 is 2.00 bits per heavy atom. The third-order valence-electron chi connectivity index (χ3n) is 2.30. The molecule has 2 aromatic rings. The SMILES string of the molecule is O=C(O)c1ccc(CNOCc2ccccc2)s1. The van der Waals surface area contributed by atoms with Crippen molar-refractivity contribution in [2.24, 2.45) is 0 Å². The maximum atomic E-state index is 10.7. The predicted molar refractivity (Wildman–Crippen MR) is 69.3 cm³/mol. The molecule has 0 amide bonds. The molecule has 1 heterocycles. The summed E-state index contributed by atoms with van der Waals surface area (Å²) in [6.45, 7) is 0.989. The quantitative estimate of drug-likeness (QED) is 0.621. The van der Waals surface area contributed by atoms with Gasteiger partial charge in [0.05, 0.1) is 13.2 Å². The lowest BCUT2D eigenvalue weighted by Gasteiger charge is -2.04. The molecule has 94 valence electrons. The smallest absolute Gasteiger partial charge is 0.345 e. The van der Waals surface area contributed by atoms with Gasteiger partial charge >= 0.3 is 5.97 Å². The summed E-state index contributed by atoms with van der Waals surface area (Å²) in [6.07, 6.45) is 0. The third kappa shape index (κ3) is 3.66. The van der Waals surface area contributed by atoms with Crippen LogP contribution in [0, 0.1) is 0 Å². The molecule has 0 bridgehead atoms. The molecule has 0 aliphatic heterocycles. The molecular weight excluding hydrogens is 250 g/mol. The minimum atomic E-state index is -0.892. The molecule has 18 heavy (non-hydrogen) atoms. The Hall–Kier alpha value is -1.69. The maximum absolute atomic E-state index is 10.7. The van der Waals surface area contributed by atoms with Gasteiger partial charge in [-0.2, -0.15) is 5.48 Å². The van der Waals surface area contributed by atoms with E-state index in [0.717, 1.165) is 10.4 Å². The second kappa shape index (κ2) is 6.30. The molecule has 1 aromatic heterocycles. The lowest BCUT2D eigenvalue weighted by Crippen LogP contribution is -2.12. The van der Waals surface area contributed by atoms with Crippen LogP contribution in [0.5, 0.6) is 0 Å². The van der Waals surface area contributed by atoms with Crippen LogP contribution in [-0.4, -0.2) is 11.1 Å². The number of aromatic carboxylic acids is 1. The van der Waals surface area contributed by atoms with Crippen LogP contribution in [0.15, 0.2) is 42.5 Å². The Morgan fingerprint density at radius 1 is 1.22 bits per heavy atom. The Balaban J connectivity index is 1.73. The molecule has 5 heteroatoms. The van der Waals surface area contributed by atoms with Gasteiger partial charge in [0.15, 0.2) is 0 Å². The zero-order chi connectivity index (χ0) is 12.8. The van der Waals surface area contributed by atoms with Crippen LogP contribution in [0.2, 0.25) is 0 Å². The van der Waals surface area contributed by atoms with Gasteiger partial charge in [0.1, 0.15) is 4.88 Å². The van der Waals surface area contributed by atoms with Crippen LogP contribution in [0.25, 0.3) is 0 Å². The van der Waals surface area contributed by atoms with Gasteiger partial charge in [-0.15, -0.1) is 11.3 Å². The number of carbonyl (C=O) groups is 1. The van der Waals surface area contributed by atoms with Crippen LogP contribution in [-0.2, 0) is 18.0 Å². The molecule has 0 radical (unpaired) electrons. The average Bonchev–Trinajstić information content (AvgIpc) is 2.85. The lowest BCUT2D eigenvalue weighted by atomic mass is 10.2. The average molecular weight is 263 g/mol. The normalized spacial score (nSPS) is 10.4. The van der Waals surface area contributed by atoms with E-state index in [1.54, 1.807) is 12.1 Å². The molecule has 2 rings (SSSR count). The van der Waals surface area contributed by atoms with Crippen molar-refractivity contribution in [3.63, 3.8) is 0 Å². The highest BCUT2D eigenvalue weighted by Crippen LogP contribution is 2.16. The summed E-state index contributed by atoms with van der Waals surface area (Å²) >= 11 is 1.25. The van der Waals surface area contributed by atoms with E-state index in [9.17, 15) is 4.79 Å². The van der Waals surface area contributed by atoms with E-state index < -0.39 is 5.97 Å². The van der Waals surface area contributed by atoms with Crippen LogP contribution in [0.4, 0.5) is 0 Å². The van der Waals surface area contributed by atoms with Crippen LogP contribution in [0.3, 0.4) is 0 Å². The Labute approximate surface area is 109 Å². The summed E-state index contributed by atoms with van der Waals surface area (Å²) in [5.41, 5.74) is 3.91. The fourth-order valence-corrected chi connectivity index (χ4v) is 2.19. The molecule has 0 saturated heterocycles. The van der Waals surface area contributed by atoms with E-state index in [0.29, 0.717) is 18.0 Å². The zero-order valence-electron chi connectivity index (χ0n) is 9.63. The topological polar surface area (TPSA) is 58.6 Å². The lowest BCUT2D eigenvalue weighted by molar-refractivity contribution is 0.0240. The van der Waals surface area contributed by atoms with Crippen LogP contribution < -0.4 is 5.48 Å². The minimum absolute atomic E-state index is 0.342. The maximum Gasteiger partial charge on any atom is 0.345 e. The highest BCUT2D eigenvalue weighted by Gasteiger charge is 2.06. The van der Waals surface area contributed by atoms with Gasteiger partial charge in [0.25, 0.3) is 0 Å². The van der Waals surface area contributed by atoms with Crippen molar-refractivity contribution in [2.75, 3.05) is 0 Å². The molecule has 0 unspecified atom stereocenters. The van der Waals surface area contributed by atoms with Crippen LogP contribution in [0.1, 0.15) is 20.1 Å². The Bertz CT molecular complexity index is 510. The van der Waals surface area contributed by atoms with Crippen LogP contribution >= 0.6 is 11.3 Å². The molecule has 1 aromatic carbocycles. The van der Waals surface area contributed by atoms with Crippen molar-refractivity contribution in [2.45, 2.75) is 13.2 Å². The highest BCUT2D eigenvalue weighted by atomic mass is 32.1. The first-order valence-corrected chi connectivity index (χ1v) is 6.28. The number of carboxylic acids is 1. The molecular formula is C13H13NO3S.